The zero-order valence-corrected chi connectivity index (χ0v) is 17.3. The standard InChI is InChI=1S/C21H27FN4O4/c1-15-19(20(24-30-15)16-4-6-17(22)7-5-16)21(28)26-11-9-25(10-12-26)14-18(27)23-8-3-13-29-2/h4-7H,3,8-14H2,1-2H3,(H,23,27). The number of hydrogen-bond acceptors (Lipinski definition) is 6. The van der Waals surface area contributed by atoms with E-state index < -0.39 is 0 Å². The van der Waals surface area contributed by atoms with Crippen molar-refractivity contribution in [3.05, 3.63) is 41.4 Å². The predicted octanol–water partition coefficient (Wildman–Crippen LogP) is 1.70. The van der Waals surface area contributed by atoms with Crippen LogP contribution < -0.4 is 5.32 Å². The van der Waals surface area contributed by atoms with Crippen molar-refractivity contribution in [1.82, 2.24) is 20.3 Å². The number of ether oxygens (including phenoxy) is 1. The summed E-state index contributed by atoms with van der Waals surface area (Å²) in [5.41, 5.74) is 1.43. The van der Waals surface area contributed by atoms with E-state index in [4.69, 9.17) is 9.26 Å². The van der Waals surface area contributed by atoms with Crippen molar-refractivity contribution in [3.8, 4) is 11.3 Å². The van der Waals surface area contributed by atoms with Crippen LogP contribution >= 0.6 is 0 Å². The Morgan fingerprint density at radius 2 is 1.90 bits per heavy atom. The molecule has 1 N–H and O–H groups in total. The highest BCUT2D eigenvalue weighted by Gasteiger charge is 2.29. The quantitative estimate of drug-likeness (QED) is 0.657. The molecule has 0 saturated carbocycles. The molecule has 1 aromatic heterocycles. The molecule has 1 aliphatic rings. The van der Waals surface area contributed by atoms with Crippen LogP contribution in [0.5, 0.6) is 0 Å². The van der Waals surface area contributed by atoms with Crippen molar-refractivity contribution < 1.29 is 23.2 Å². The third-order valence-corrected chi connectivity index (χ3v) is 5.07. The molecule has 1 aromatic carbocycles. The molecule has 0 spiro atoms. The summed E-state index contributed by atoms with van der Waals surface area (Å²) in [5.74, 6) is -0.126. The number of benzene rings is 1. The lowest BCUT2D eigenvalue weighted by molar-refractivity contribution is -0.122. The first-order chi connectivity index (χ1) is 14.5. The van der Waals surface area contributed by atoms with E-state index in [2.05, 4.69) is 10.5 Å². The number of nitrogens with zero attached hydrogens (tertiary/aromatic N) is 3. The van der Waals surface area contributed by atoms with Gasteiger partial charge < -0.3 is 19.5 Å². The number of amides is 2. The van der Waals surface area contributed by atoms with Crippen molar-refractivity contribution in [3.63, 3.8) is 0 Å². The zero-order valence-electron chi connectivity index (χ0n) is 17.3. The Morgan fingerprint density at radius 3 is 2.57 bits per heavy atom. The molecule has 0 bridgehead atoms. The molecule has 8 nitrogen and oxygen atoms in total. The number of methoxy groups -OCH3 is 1. The summed E-state index contributed by atoms with van der Waals surface area (Å²) in [6.45, 7) is 5.42. The minimum Gasteiger partial charge on any atom is -0.385 e. The number of halogens is 1. The van der Waals surface area contributed by atoms with Crippen LogP contribution in [-0.4, -0.2) is 79.8 Å². The van der Waals surface area contributed by atoms with Crippen LogP contribution in [0.3, 0.4) is 0 Å². The lowest BCUT2D eigenvalue weighted by Gasteiger charge is -2.34. The van der Waals surface area contributed by atoms with Gasteiger partial charge in [-0.1, -0.05) is 5.16 Å². The second-order valence-electron chi connectivity index (χ2n) is 7.23. The molecule has 1 aliphatic heterocycles. The van der Waals surface area contributed by atoms with Gasteiger partial charge in [0.1, 0.15) is 22.8 Å². The first-order valence-corrected chi connectivity index (χ1v) is 9.99. The fourth-order valence-corrected chi connectivity index (χ4v) is 3.40. The molecule has 3 rings (SSSR count). The van der Waals surface area contributed by atoms with Gasteiger partial charge in [-0.15, -0.1) is 0 Å². The fraction of sp³-hybridized carbons (Fsp3) is 0.476. The molecule has 2 amide bonds. The van der Waals surface area contributed by atoms with Gasteiger partial charge in [-0.25, -0.2) is 4.39 Å². The van der Waals surface area contributed by atoms with E-state index in [9.17, 15) is 14.0 Å². The summed E-state index contributed by atoms with van der Waals surface area (Å²) in [6, 6.07) is 5.80. The minimum atomic E-state index is -0.356. The SMILES string of the molecule is COCCCNC(=O)CN1CCN(C(=O)c2c(-c3ccc(F)cc3)noc2C)CC1. The van der Waals surface area contributed by atoms with Gasteiger partial charge in [0.25, 0.3) is 5.91 Å². The van der Waals surface area contributed by atoms with Gasteiger partial charge in [-0.3, -0.25) is 14.5 Å². The Hall–Kier alpha value is -2.78. The Kier molecular flexibility index (Phi) is 7.53. The van der Waals surface area contributed by atoms with Gasteiger partial charge in [0.2, 0.25) is 5.91 Å². The fourth-order valence-electron chi connectivity index (χ4n) is 3.40. The van der Waals surface area contributed by atoms with Crippen molar-refractivity contribution in [2.75, 3.05) is 53.0 Å². The van der Waals surface area contributed by atoms with E-state index in [1.807, 2.05) is 4.90 Å². The van der Waals surface area contributed by atoms with Gasteiger partial charge in [0.15, 0.2) is 0 Å². The number of hydrogen-bond donors (Lipinski definition) is 1. The molecule has 0 aliphatic carbocycles. The summed E-state index contributed by atoms with van der Waals surface area (Å²) < 4.78 is 23.4. The van der Waals surface area contributed by atoms with Crippen LogP contribution in [0, 0.1) is 12.7 Å². The van der Waals surface area contributed by atoms with E-state index >= 15 is 0 Å². The van der Waals surface area contributed by atoms with Gasteiger partial charge in [0.05, 0.1) is 6.54 Å². The first kappa shape index (κ1) is 21.9. The normalized spacial score (nSPS) is 14.7. The Morgan fingerprint density at radius 1 is 1.20 bits per heavy atom. The van der Waals surface area contributed by atoms with E-state index in [0.29, 0.717) is 68.5 Å². The maximum Gasteiger partial charge on any atom is 0.259 e. The molecule has 9 heteroatoms. The number of piperazine rings is 1. The average Bonchev–Trinajstić information content (AvgIpc) is 3.13. The van der Waals surface area contributed by atoms with Gasteiger partial charge >= 0.3 is 0 Å². The Bertz CT molecular complexity index is 860. The van der Waals surface area contributed by atoms with Gasteiger partial charge in [-0.05, 0) is 37.6 Å². The first-order valence-electron chi connectivity index (χ1n) is 9.99. The number of carbonyl (C=O) groups excluding carboxylic acids is 2. The topological polar surface area (TPSA) is 87.9 Å². The molecule has 162 valence electrons. The highest BCUT2D eigenvalue weighted by Crippen LogP contribution is 2.27. The lowest BCUT2D eigenvalue weighted by atomic mass is 10.0. The highest BCUT2D eigenvalue weighted by atomic mass is 19.1. The average molecular weight is 418 g/mol. The lowest BCUT2D eigenvalue weighted by Crippen LogP contribution is -2.51. The maximum absolute atomic E-state index is 13.2. The Labute approximate surface area is 174 Å². The number of aryl methyl sites for hydroxylation is 1. The summed E-state index contributed by atoms with van der Waals surface area (Å²) in [6.07, 6.45) is 0.777. The van der Waals surface area contributed by atoms with Crippen molar-refractivity contribution in [2.24, 2.45) is 0 Å². The van der Waals surface area contributed by atoms with Crippen molar-refractivity contribution in [2.45, 2.75) is 13.3 Å². The molecule has 1 fully saturated rings. The zero-order chi connectivity index (χ0) is 21.5. The molecule has 30 heavy (non-hydrogen) atoms. The van der Waals surface area contributed by atoms with Crippen LogP contribution in [0.1, 0.15) is 22.5 Å². The van der Waals surface area contributed by atoms with E-state index in [1.165, 1.54) is 12.1 Å². The van der Waals surface area contributed by atoms with E-state index in [0.717, 1.165) is 6.42 Å². The predicted molar refractivity (Wildman–Crippen MR) is 108 cm³/mol. The second kappa shape index (κ2) is 10.3. The summed E-state index contributed by atoms with van der Waals surface area (Å²) in [4.78, 5) is 28.9. The second-order valence-corrected chi connectivity index (χ2v) is 7.23. The van der Waals surface area contributed by atoms with Crippen LogP contribution in [0.15, 0.2) is 28.8 Å². The van der Waals surface area contributed by atoms with Crippen LogP contribution in [0.4, 0.5) is 4.39 Å². The number of nitrogens with one attached hydrogen (secondary N) is 1. The number of rotatable bonds is 8. The molecule has 0 atom stereocenters. The summed E-state index contributed by atoms with van der Waals surface area (Å²) in [5, 5.41) is 6.88. The van der Waals surface area contributed by atoms with Crippen LogP contribution in [0.2, 0.25) is 0 Å². The smallest absolute Gasteiger partial charge is 0.259 e. The minimum absolute atomic E-state index is 0.0284. The van der Waals surface area contributed by atoms with Crippen LogP contribution in [-0.2, 0) is 9.53 Å². The molecule has 1 saturated heterocycles. The van der Waals surface area contributed by atoms with Crippen LogP contribution in [0.25, 0.3) is 11.3 Å². The van der Waals surface area contributed by atoms with Gasteiger partial charge in [-0.2, -0.15) is 0 Å². The third kappa shape index (κ3) is 5.43. The summed E-state index contributed by atoms with van der Waals surface area (Å²) >= 11 is 0. The van der Waals surface area contributed by atoms with E-state index in [1.54, 1.807) is 31.1 Å². The highest BCUT2D eigenvalue weighted by molar-refractivity contribution is 6.00. The van der Waals surface area contributed by atoms with Crippen molar-refractivity contribution >= 4 is 11.8 Å². The number of aromatic nitrogens is 1. The largest absolute Gasteiger partial charge is 0.385 e. The monoisotopic (exact) mass is 418 g/mol. The van der Waals surface area contributed by atoms with Crippen molar-refractivity contribution in [1.29, 1.82) is 0 Å². The molecular formula is C21H27FN4O4. The van der Waals surface area contributed by atoms with E-state index in [-0.39, 0.29) is 17.6 Å². The third-order valence-electron chi connectivity index (χ3n) is 5.07. The number of carbonyl (C=O) groups is 2. The molecule has 0 radical (unpaired) electrons. The Balaban J connectivity index is 1.56. The molecular weight excluding hydrogens is 391 g/mol. The maximum atomic E-state index is 13.2. The molecule has 2 aromatic rings. The molecule has 2 heterocycles. The summed E-state index contributed by atoms with van der Waals surface area (Å²) in [7, 11) is 1.63. The van der Waals surface area contributed by atoms with Gasteiger partial charge in [0, 0.05) is 52.0 Å². The molecule has 0 unspecified atom stereocenters.